The monoisotopic (exact) mass is 396 g/mol. The van der Waals surface area contributed by atoms with E-state index in [-0.39, 0.29) is 23.7 Å². The first-order chi connectivity index (χ1) is 12.1. The highest BCUT2D eigenvalue weighted by molar-refractivity contribution is 9.10. The van der Waals surface area contributed by atoms with Gasteiger partial charge in [0.1, 0.15) is 6.61 Å². The van der Waals surface area contributed by atoms with E-state index in [1.54, 1.807) is 42.5 Å². The molecule has 1 aliphatic rings. The number of rotatable bonds is 4. The normalized spacial score (nSPS) is 12.6. The van der Waals surface area contributed by atoms with Crippen molar-refractivity contribution in [3.8, 4) is 23.8 Å². The van der Waals surface area contributed by atoms with Crippen LogP contribution in [0, 0.1) is 12.3 Å². The lowest BCUT2D eigenvalue weighted by Crippen LogP contribution is -2.01. The molecule has 0 unspecified atom stereocenters. The van der Waals surface area contributed by atoms with Crippen LogP contribution in [-0.2, 0) is 0 Å². The summed E-state index contributed by atoms with van der Waals surface area (Å²) < 4.78 is 11.4. The van der Waals surface area contributed by atoms with Gasteiger partial charge in [-0.2, -0.15) is 0 Å². The Bertz CT molecular complexity index is 914. The van der Waals surface area contributed by atoms with Crippen LogP contribution in [0.25, 0.3) is 6.08 Å². The Hall–Kier alpha value is -2.84. The Balaban J connectivity index is 2.03. The highest BCUT2D eigenvalue weighted by atomic mass is 79.9. The van der Waals surface area contributed by atoms with E-state index in [1.807, 2.05) is 0 Å². The van der Waals surface area contributed by atoms with Crippen LogP contribution in [0.1, 0.15) is 26.3 Å². The number of terminal acetylenes is 1. The number of carbonyl (C=O) groups is 2. The predicted molar refractivity (Wildman–Crippen MR) is 98.1 cm³/mol. The molecule has 0 atom stereocenters. The maximum Gasteiger partial charge on any atom is 0.197 e. The Labute approximate surface area is 153 Å². The number of fused-ring (bicyclic) bond motifs is 1. The van der Waals surface area contributed by atoms with E-state index in [2.05, 4.69) is 21.9 Å². The summed E-state index contributed by atoms with van der Waals surface area (Å²) in [5.74, 6) is 2.76. The lowest BCUT2D eigenvalue weighted by Gasteiger charge is -2.12. The Kier molecular flexibility index (Phi) is 4.73. The molecule has 1 aliphatic carbocycles. The van der Waals surface area contributed by atoms with E-state index in [0.29, 0.717) is 32.7 Å². The van der Waals surface area contributed by atoms with Crippen LogP contribution in [0.4, 0.5) is 0 Å². The third-order valence-corrected chi connectivity index (χ3v) is 4.36. The van der Waals surface area contributed by atoms with E-state index in [0.717, 1.165) is 0 Å². The molecule has 0 fully saturated rings. The molecular weight excluding hydrogens is 384 g/mol. The Morgan fingerprint density at radius 2 is 1.80 bits per heavy atom. The van der Waals surface area contributed by atoms with Gasteiger partial charge >= 0.3 is 0 Å². The standard InChI is InChI=1S/C20H13BrO4/c1-3-8-25-20-16(21)10-12(11-17(20)24-2)9-15-18(22)13-6-4-5-7-14(13)19(15)23/h1,4-7,9-11H,8H2,2H3. The molecule has 0 aliphatic heterocycles. The molecule has 0 radical (unpaired) electrons. The second kappa shape index (κ2) is 6.96. The molecule has 25 heavy (non-hydrogen) atoms. The van der Waals surface area contributed by atoms with Gasteiger partial charge in [0.25, 0.3) is 0 Å². The molecule has 124 valence electrons. The lowest BCUT2D eigenvalue weighted by molar-refractivity contribution is 0.0990. The fraction of sp³-hybridized carbons (Fsp3) is 0.100. The van der Waals surface area contributed by atoms with Crippen molar-refractivity contribution >= 4 is 33.6 Å². The first-order valence-corrected chi connectivity index (χ1v) is 8.20. The molecule has 0 saturated carbocycles. The van der Waals surface area contributed by atoms with Crippen molar-refractivity contribution in [1.82, 2.24) is 0 Å². The van der Waals surface area contributed by atoms with Crippen molar-refractivity contribution in [3.63, 3.8) is 0 Å². The summed E-state index contributed by atoms with van der Waals surface area (Å²) in [6.45, 7) is 0.0989. The fourth-order valence-electron chi connectivity index (χ4n) is 2.65. The summed E-state index contributed by atoms with van der Waals surface area (Å²) in [6.07, 6.45) is 6.77. The van der Waals surface area contributed by atoms with Crippen LogP contribution < -0.4 is 9.47 Å². The largest absolute Gasteiger partial charge is 0.493 e. The molecule has 3 rings (SSSR count). The summed E-state index contributed by atoms with van der Waals surface area (Å²) in [5.41, 5.74) is 1.63. The predicted octanol–water partition coefficient (Wildman–Crippen LogP) is 3.93. The molecule has 0 aromatic heterocycles. The summed E-state index contributed by atoms with van der Waals surface area (Å²) in [4.78, 5) is 25.0. The highest BCUT2D eigenvalue weighted by Gasteiger charge is 2.32. The number of Topliss-reactive ketones (excluding diaryl/α,β-unsaturated/α-hetero) is 2. The summed E-state index contributed by atoms with van der Waals surface area (Å²) in [7, 11) is 1.50. The molecule has 0 bridgehead atoms. The van der Waals surface area contributed by atoms with Gasteiger partial charge in [-0.15, -0.1) is 6.42 Å². The van der Waals surface area contributed by atoms with Gasteiger partial charge in [0.15, 0.2) is 23.1 Å². The summed E-state index contributed by atoms with van der Waals surface area (Å²) >= 11 is 3.40. The molecular formula is C20H13BrO4. The minimum absolute atomic E-state index is 0.0989. The number of hydrogen-bond acceptors (Lipinski definition) is 4. The van der Waals surface area contributed by atoms with Gasteiger partial charge in [-0.1, -0.05) is 30.2 Å². The van der Waals surface area contributed by atoms with E-state index < -0.39 is 0 Å². The average molecular weight is 397 g/mol. The van der Waals surface area contributed by atoms with Crippen LogP contribution in [0.2, 0.25) is 0 Å². The number of allylic oxidation sites excluding steroid dienone is 1. The molecule has 0 amide bonds. The topological polar surface area (TPSA) is 52.6 Å². The zero-order valence-corrected chi connectivity index (χ0v) is 14.9. The number of carbonyl (C=O) groups excluding carboxylic acids is 2. The van der Waals surface area contributed by atoms with Crippen molar-refractivity contribution in [2.45, 2.75) is 0 Å². The number of ketones is 2. The smallest absolute Gasteiger partial charge is 0.197 e. The molecule has 0 heterocycles. The van der Waals surface area contributed by atoms with Crippen LogP contribution in [0.3, 0.4) is 0 Å². The third-order valence-electron chi connectivity index (χ3n) is 3.77. The minimum atomic E-state index is -0.275. The summed E-state index contributed by atoms with van der Waals surface area (Å²) in [5, 5.41) is 0. The maximum atomic E-state index is 12.5. The van der Waals surface area contributed by atoms with Gasteiger partial charge < -0.3 is 9.47 Å². The zero-order chi connectivity index (χ0) is 18.0. The van der Waals surface area contributed by atoms with Gasteiger partial charge in [-0.25, -0.2) is 0 Å². The van der Waals surface area contributed by atoms with Gasteiger partial charge in [0, 0.05) is 11.1 Å². The van der Waals surface area contributed by atoms with Crippen LogP contribution in [-0.4, -0.2) is 25.3 Å². The second-order valence-electron chi connectivity index (χ2n) is 5.29. The van der Waals surface area contributed by atoms with E-state index in [1.165, 1.54) is 7.11 Å². The number of ether oxygens (including phenoxy) is 2. The minimum Gasteiger partial charge on any atom is -0.493 e. The number of halogens is 1. The van der Waals surface area contributed by atoms with E-state index in [4.69, 9.17) is 15.9 Å². The lowest BCUT2D eigenvalue weighted by atomic mass is 10.1. The van der Waals surface area contributed by atoms with Crippen molar-refractivity contribution in [3.05, 3.63) is 63.1 Å². The van der Waals surface area contributed by atoms with Crippen molar-refractivity contribution in [1.29, 1.82) is 0 Å². The molecule has 2 aromatic carbocycles. The van der Waals surface area contributed by atoms with Crippen molar-refractivity contribution in [2.75, 3.05) is 13.7 Å². The average Bonchev–Trinajstić information content (AvgIpc) is 2.86. The van der Waals surface area contributed by atoms with Gasteiger partial charge in [-0.3, -0.25) is 9.59 Å². The molecule has 0 saturated heterocycles. The van der Waals surface area contributed by atoms with Gasteiger partial charge in [0.2, 0.25) is 0 Å². The molecule has 4 nitrogen and oxygen atoms in total. The fourth-order valence-corrected chi connectivity index (χ4v) is 3.22. The first-order valence-electron chi connectivity index (χ1n) is 7.40. The van der Waals surface area contributed by atoms with E-state index >= 15 is 0 Å². The van der Waals surface area contributed by atoms with E-state index in [9.17, 15) is 9.59 Å². The third kappa shape index (κ3) is 3.09. The maximum absolute atomic E-state index is 12.5. The van der Waals surface area contributed by atoms with Crippen molar-refractivity contribution < 1.29 is 19.1 Å². The highest BCUT2D eigenvalue weighted by Crippen LogP contribution is 2.38. The molecule has 0 spiro atoms. The Morgan fingerprint density at radius 3 is 2.36 bits per heavy atom. The van der Waals surface area contributed by atoms with Gasteiger partial charge in [0.05, 0.1) is 17.2 Å². The number of methoxy groups -OCH3 is 1. The van der Waals surface area contributed by atoms with Crippen LogP contribution >= 0.6 is 15.9 Å². The van der Waals surface area contributed by atoms with Crippen LogP contribution in [0.5, 0.6) is 11.5 Å². The van der Waals surface area contributed by atoms with Gasteiger partial charge in [-0.05, 0) is 39.7 Å². The number of hydrogen-bond donors (Lipinski definition) is 0. The molecule has 0 N–H and O–H groups in total. The van der Waals surface area contributed by atoms with Crippen LogP contribution in [0.15, 0.2) is 46.4 Å². The SMILES string of the molecule is C#CCOc1c(Br)cc(C=C2C(=O)c3ccccc3C2=O)cc1OC. The first kappa shape index (κ1) is 17.0. The van der Waals surface area contributed by atoms with Crippen molar-refractivity contribution in [2.24, 2.45) is 0 Å². The Morgan fingerprint density at radius 1 is 1.16 bits per heavy atom. The summed E-state index contributed by atoms with van der Waals surface area (Å²) in [6, 6.07) is 10.2. The number of benzene rings is 2. The second-order valence-corrected chi connectivity index (χ2v) is 6.14. The zero-order valence-electron chi connectivity index (χ0n) is 13.3. The molecule has 2 aromatic rings. The molecule has 5 heteroatoms. The quantitative estimate of drug-likeness (QED) is 0.446.